The summed E-state index contributed by atoms with van der Waals surface area (Å²) in [6, 6.07) is 0. The fraction of sp³-hybridized carbons (Fsp3) is 0.250. The minimum absolute atomic E-state index is 0.356. The third-order valence-electron chi connectivity index (χ3n) is 1.15. The van der Waals surface area contributed by atoms with Crippen molar-refractivity contribution in [3.63, 3.8) is 0 Å². The molecule has 0 aliphatic carbocycles. The lowest BCUT2D eigenvalue weighted by atomic mass is 10.3. The van der Waals surface area contributed by atoms with Crippen molar-refractivity contribution < 1.29 is 9.53 Å². The quantitative estimate of drug-likeness (QED) is 0.536. The lowest BCUT2D eigenvalue weighted by Gasteiger charge is -1.93. The zero-order chi connectivity index (χ0) is 8.10. The van der Waals surface area contributed by atoms with Crippen LogP contribution in [0.4, 0.5) is 0 Å². The van der Waals surface area contributed by atoms with E-state index in [0.29, 0.717) is 12.3 Å². The van der Waals surface area contributed by atoms with E-state index >= 15 is 0 Å². The number of carbonyl (C=O) groups is 1. The van der Waals surface area contributed by atoms with E-state index in [1.807, 2.05) is 0 Å². The van der Waals surface area contributed by atoms with Gasteiger partial charge in [0.25, 0.3) is 0 Å². The van der Waals surface area contributed by atoms with E-state index in [4.69, 9.17) is 4.74 Å². The van der Waals surface area contributed by atoms with Crippen molar-refractivity contribution in [3.05, 3.63) is 24.4 Å². The maximum Gasteiger partial charge on any atom is 0.410 e. The molecular weight excluding hydrogens is 142 g/mol. The number of hydrogen-bond acceptors (Lipinski definition) is 3. The van der Waals surface area contributed by atoms with Crippen LogP contribution in [0.5, 0.6) is 0 Å². The molecule has 3 heteroatoms. The van der Waals surface area contributed by atoms with Crippen molar-refractivity contribution >= 4 is 11.7 Å². The fourth-order valence-corrected chi connectivity index (χ4v) is 0.689. The smallest absolute Gasteiger partial charge is 0.410 e. The van der Waals surface area contributed by atoms with Crippen molar-refractivity contribution in [3.8, 4) is 0 Å². The molecule has 11 heavy (non-hydrogen) atoms. The monoisotopic (exact) mass is 151 g/mol. The van der Waals surface area contributed by atoms with Crippen molar-refractivity contribution in [2.75, 3.05) is 6.61 Å². The van der Waals surface area contributed by atoms with Crippen molar-refractivity contribution in [2.24, 2.45) is 0 Å². The molecule has 0 bridgehead atoms. The Bertz CT molecular complexity index is 238. The summed E-state index contributed by atoms with van der Waals surface area (Å²) >= 11 is 0. The van der Waals surface area contributed by atoms with Gasteiger partial charge in [-0.3, -0.25) is 0 Å². The Morgan fingerprint density at radius 2 is 2.45 bits per heavy atom. The van der Waals surface area contributed by atoms with Crippen LogP contribution in [0, 0.1) is 0 Å². The first-order chi connectivity index (χ1) is 5.34. The number of esters is 1. The van der Waals surface area contributed by atoms with Crippen molar-refractivity contribution in [2.45, 2.75) is 6.92 Å². The number of carbonyl (C=O) groups excluding carboxylic acids is 1. The largest absolute Gasteiger partial charge is 0.458 e. The van der Waals surface area contributed by atoms with Gasteiger partial charge in [-0.2, -0.15) is 0 Å². The van der Waals surface area contributed by atoms with Gasteiger partial charge in [0, 0.05) is 12.2 Å². The summed E-state index contributed by atoms with van der Waals surface area (Å²) < 4.78 is 4.73. The predicted octanol–water partition coefficient (Wildman–Crippen LogP) is 0.410. The number of hydrogen-bond donors (Lipinski definition) is 0. The molecule has 1 radical (unpaired) electrons. The zero-order valence-corrected chi connectivity index (χ0v) is 6.28. The van der Waals surface area contributed by atoms with Gasteiger partial charge < -0.3 is 4.74 Å². The molecule has 1 aliphatic heterocycles. The van der Waals surface area contributed by atoms with Crippen LogP contribution in [0.2, 0.25) is 0 Å². The van der Waals surface area contributed by atoms with E-state index < -0.39 is 0 Å². The molecular formula is C8H9NO2+. The first-order valence-corrected chi connectivity index (χ1v) is 3.42. The van der Waals surface area contributed by atoms with Gasteiger partial charge in [-0.25, -0.2) is 4.79 Å². The molecule has 0 aromatic rings. The molecule has 0 unspecified atom stereocenters. The molecule has 0 aromatic carbocycles. The van der Waals surface area contributed by atoms with Gasteiger partial charge in [0.2, 0.25) is 6.20 Å². The Kier molecular flexibility index (Phi) is 2.60. The van der Waals surface area contributed by atoms with Gasteiger partial charge >= 0.3 is 11.7 Å². The second kappa shape index (κ2) is 3.71. The number of nitrogens with zero attached hydrogens (tertiary/aromatic N) is 1. The molecule has 0 spiro atoms. The van der Waals surface area contributed by atoms with Crippen LogP contribution >= 0.6 is 0 Å². The first-order valence-electron chi connectivity index (χ1n) is 3.42. The van der Waals surface area contributed by atoms with E-state index in [1.54, 1.807) is 31.4 Å². The van der Waals surface area contributed by atoms with Crippen LogP contribution in [0.1, 0.15) is 6.92 Å². The van der Waals surface area contributed by atoms with E-state index in [1.165, 1.54) is 0 Å². The molecule has 1 rings (SSSR count). The summed E-state index contributed by atoms with van der Waals surface area (Å²) in [5, 5.41) is 0. The molecule has 0 saturated carbocycles. The van der Waals surface area contributed by atoms with E-state index in [-0.39, 0.29) is 5.97 Å². The Morgan fingerprint density at radius 1 is 1.64 bits per heavy atom. The van der Waals surface area contributed by atoms with Crippen LogP contribution in [0.15, 0.2) is 24.4 Å². The summed E-state index contributed by atoms with van der Waals surface area (Å²) in [6.45, 7) is 2.15. The number of ether oxygens (including phenoxy) is 1. The molecule has 57 valence electrons. The standard InChI is InChI=1S/C8H9NO2/c1-2-11-8(10)7-5-3-4-6-9-7/h3-6H,2H2,1H3/q+1. The van der Waals surface area contributed by atoms with Gasteiger partial charge in [-0.1, -0.05) is 0 Å². The third kappa shape index (κ3) is 2.04. The summed E-state index contributed by atoms with van der Waals surface area (Å²) in [7, 11) is 0. The van der Waals surface area contributed by atoms with Gasteiger partial charge in [0.1, 0.15) is 0 Å². The number of rotatable bonds is 2. The maximum absolute atomic E-state index is 11.0. The summed E-state index contributed by atoms with van der Waals surface area (Å²) in [5.41, 5.74) is 0.356. The molecule has 1 heterocycles. The Morgan fingerprint density at radius 3 is 3.00 bits per heavy atom. The van der Waals surface area contributed by atoms with E-state index in [0.717, 1.165) is 0 Å². The molecule has 0 atom stereocenters. The minimum Gasteiger partial charge on any atom is -0.458 e. The number of allylic oxidation sites excluding steroid dienone is 2. The minimum atomic E-state index is -0.367. The Labute approximate surface area is 65.1 Å². The van der Waals surface area contributed by atoms with E-state index in [9.17, 15) is 4.79 Å². The van der Waals surface area contributed by atoms with E-state index in [2.05, 4.69) is 4.99 Å². The zero-order valence-electron chi connectivity index (χ0n) is 6.28. The molecule has 0 aromatic heterocycles. The van der Waals surface area contributed by atoms with Gasteiger partial charge in [-0.05, 0) is 13.0 Å². The predicted molar refractivity (Wildman–Crippen MR) is 42.1 cm³/mol. The van der Waals surface area contributed by atoms with Crippen LogP contribution < -0.4 is 4.99 Å². The topological polar surface area (TPSA) is 40.4 Å². The molecule has 0 amide bonds. The molecule has 3 nitrogen and oxygen atoms in total. The lowest BCUT2D eigenvalue weighted by Crippen LogP contribution is -2.19. The molecule has 0 saturated heterocycles. The Hall–Kier alpha value is -1.38. The second-order valence-corrected chi connectivity index (χ2v) is 1.94. The van der Waals surface area contributed by atoms with Crippen LogP contribution in [0.3, 0.4) is 0 Å². The van der Waals surface area contributed by atoms with Gasteiger partial charge in [0.15, 0.2) is 0 Å². The van der Waals surface area contributed by atoms with Crippen molar-refractivity contribution in [1.29, 1.82) is 0 Å². The van der Waals surface area contributed by atoms with Crippen LogP contribution in [0.25, 0.3) is 0 Å². The highest BCUT2D eigenvalue weighted by Gasteiger charge is 2.19. The summed E-state index contributed by atoms with van der Waals surface area (Å²) in [5.74, 6) is -0.367. The van der Waals surface area contributed by atoms with Gasteiger partial charge in [-0.15, -0.1) is 0 Å². The average Bonchev–Trinajstić information content (AvgIpc) is 2.07. The SMILES string of the molecule is CCOC(=O)C1=[N+]C=CC=C1. The highest BCUT2D eigenvalue weighted by atomic mass is 16.5. The van der Waals surface area contributed by atoms with Crippen LogP contribution in [-0.4, -0.2) is 18.3 Å². The third-order valence-corrected chi connectivity index (χ3v) is 1.15. The maximum atomic E-state index is 11.0. The highest BCUT2D eigenvalue weighted by molar-refractivity contribution is 6.41. The van der Waals surface area contributed by atoms with Gasteiger partial charge in [0.05, 0.1) is 11.6 Å². The molecule has 0 N–H and O–H groups in total. The number of aliphatic imine (C=N–C) groups is 1. The van der Waals surface area contributed by atoms with Crippen LogP contribution in [-0.2, 0) is 9.53 Å². The highest BCUT2D eigenvalue weighted by Crippen LogP contribution is 1.89. The average molecular weight is 151 g/mol. The van der Waals surface area contributed by atoms with Crippen molar-refractivity contribution in [1.82, 2.24) is 4.99 Å². The fourth-order valence-electron chi connectivity index (χ4n) is 0.689. The second-order valence-electron chi connectivity index (χ2n) is 1.94. The normalized spacial score (nSPS) is 14.5. The molecule has 1 aliphatic rings. The Balaban J connectivity index is 2.61. The lowest BCUT2D eigenvalue weighted by molar-refractivity contribution is -0.134. The summed E-state index contributed by atoms with van der Waals surface area (Å²) in [4.78, 5) is 14.8. The first kappa shape index (κ1) is 7.72. The summed E-state index contributed by atoms with van der Waals surface area (Å²) in [6.07, 6.45) is 6.69. The molecule has 0 fully saturated rings.